The maximum absolute atomic E-state index is 13.3. The van der Waals surface area contributed by atoms with Crippen LogP contribution in [-0.4, -0.2) is 22.6 Å². The van der Waals surface area contributed by atoms with Crippen molar-refractivity contribution in [1.29, 1.82) is 0 Å². The second-order valence-electron chi connectivity index (χ2n) is 6.59. The van der Waals surface area contributed by atoms with Gasteiger partial charge in [-0.3, -0.25) is 9.59 Å². The molecule has 27 heavy (non-hydrogen) atoms. The molecule has 2 aromatic heterocycles. The van der Waals surface area contributed by atoms with Crippen LogP contribution in [0.25, 0.3) is 10.2 Å². The SMILES string of the molecule is COc1c(C)cc(Br)cc1C(=O)n1c(=S)[nH]c2sc3c(c2c1=O)CCCC3. The van der Waals surface area contributed by atoms with Crippen LogP contribution in [0.4, 0.5) is 0 Å². The van der Waals surface area contributed by atoms with E-state index in [0.717, 1.165) is 50.7 Å². The van der Waals surface area contributed by atoms with Gasteiger partial charge in [0.1, 0.15) is 10.6 Å². The summed E-state index contributed by atoms with van der Waals surface area (Å²) in [6.45, 7) is 1.85. The first-order valence-electron chi connectivity index (χ1n) is 8.60. The van der Waals surface area contributed by atoms with Crippen LogP contribution in [0.3, 0.4) is 0 Å². The molecule has 0 saturated heterocycles. The van der Waals surface area contributed by atoms with Gasteiger partial charge in [-0.25, -0.2) is 4.57 Å². The van der Waals surface area contributed by atoms with Gasteiger partial charge in [-0.1, -0.05) is 15.9 Å². The number of thiophene rings is 1. The van der Waals surface area contributed by atoms with Crippen LogP contribution in [0.15, 0.2) is 21.4 Å². The number of ether oxygens (including phenoxy) is 1. The number of carbonyl (C=O) groups is 1. The first-order chi connectivity index (χ1) is 12.9. The number of hydrogen-bond donors (Lipinski definition) is 1. The third-order valence-corrected chi connectivity index (χ3v) is 6.84. The number of rotatable bonds is 2. The minimum Gasteiger partial charge on any atom is -0.496 e. The summed E-state index contributed by atoms with van der Waals surface area (Å²) < 4.78 is 7.32. The van der Waals surface area contributed by atoms with E-state index < -0.39 is 5.91 Å². The van der Waals surface area contributed by atoms with Crippen molar-refractivity contribution in [2.45, 2.75) is 32.6 Å². The maximum atomic E-state index is 13.3. The molecule has 1 aliphatic rings. The molecule has 0 radical (unpaired) electrons. The van der Waals surface area contributed by atoms with E-state index in [1.807, 2.05) is 13.0 Å². The van der Waals surface area contributed by atoms with E-state index in [-0.39, 0.29) is 10.3 Å². The minimum atomic E-state index is -0.486. The summed E-state index contributed by atoms with van der Waals surface area (Å²) in [6.07, 6.45) is 4.02. The Hall–Kier alpha value is -1.77. The highest BCUT2D eigenvalue weighted by molar-refractivity contribution is 9.10. The quantitative estimate of drug-likeness (QED) is 0.554. The molecule has 0 bridgehead atoms. The third kappa shape index (κ3) is 2.99. The van der Waals surface area contributed by atoms with Crippen LogP contribution < -0.4 is 10.3 Å². The van der Waals surface area contributed by atoms with E-state index >= 15 is 0 Å². The van der Waals surface area contributed by atoms with Crippen LogP contribution in [0, 0.1) is 11.7 Å². The van der Waals surface area contributed by atoms with Gasteiger partial charge in [0.15, 0.2) is 4.77 Å². The first-order valence-corrected chi connectivity index (χ1v) is 10.6. The van der Waals surface area contributed by atoms with Gasteiger partial charge in [-0.05, 0) is 68.1 Å². The van der Waals surface area contributed by atoms with E-state index in [9.17, 15) is 9.59 Å². The topological polar surface area (TPSA) is 64.1 Å². The van der Waals surface area contributed by atoms with Crippen LogP contribution in [-0.2, 0) is 12.8 Å². The Bertz CT molecular complexity index is 1210. The lowest BCUT2D eigenvalue weighted by molar-refractivity contribution is 0.0950. The summed E-state index contributed by atoms with van der Waals surface area (Å²) in [4.78, 5) is 31.6. The Morgan fingerprint density at radius 2 is 2.07 bits per heavy atom. The van der Waals surface area contributed by atoms with Gasteiger partial charge in [0.25, 0.3) is 11.5 Å². The summed E-state index contributed by atoms with van der Waals surface area (Å²) in [5.74, 6) is -0.0443. The molecule has 2 heterocycles. The van der Waals surface area contributed by atoms with Gasteiger partial charge in [-0.15, -0.1) is 11.3 Å². The Labute approximate surface area is 173 Å². The molecular formula is C19H17BrN2O3S2. The number of aryl methyl sites for hydroxylation is 3. The molecule has 0 unspecified atom stereocenters. The zero-order valence-corrected chi connectivity index (χ0v) is 18.1. The van der Waals surface area contributed by atoms with Crippen LogP contribution in [0.5, 0.6) is 5.75 Å². The van der Waals surface area contributed by atoms with Gasteiger partial charge in [-0.2, -0.15) is 0 Å². The number of nitrogens with zero attached hydrogens (tertiary/aromatic N) is 1. The Morgan fingerprint density at radius 3 is 2.81 bits per heavy atom. The molecule has 140 valence electrons. The molecule has 1 aromatic carbocycles. The summed E-state index contributed by atoms with van der Waals surface area (Å²) in [5, 5.41) is 0.599. The maximum Gasteiger partial charge on any atom is 0.270 e. The fraction of sp³-hybridized carbons (Fsp3) is 0.316. The van der Waals surface area contributed by atoms with Gasteiger partial charge in [0.2, 0.25) is 0 Å². The summed E-state index contributed by atoms with van der Waals surface area (Å²) in [6, 6.07) is 3.51. The van der Waals surface area contributed by atoms with Crippen molar-refractivity contribution in [2.24, 2.45) is 0 Å². The Balaban J connectivity index is 1.99. The number of methoxy groups -OCH3 is 1. The third-order valence-electron chi connectivity index (χ3n) is 4.89. The lowest BCUT2D eigenvalue weighted by atomic mass is 9.97. The minimum absolute atomic E-state index is 0.107. The van der Waals surface area contributed by atoms with E-state index in [4.69, 9.17) is 17.0 Å². The number of benzene rings is 1. The highest BCUT2D eigenvalue weighted by Crippen LogP contribution is 2.34. The van der Waals surface area contributed by atoms with Crippen LogP contribution in [0.2, 0.25) is 0 Å². The number of halogens is 1. The molecule has 0 amide bonds. The number of aromatic nitrogens is 2. The summed E-state index contributed by atoms with van der Waals surface area (Å²) >= 11 is 10.4. The van der Waals surface area contributed by atoms with Crippen molar-refractivity contribution < 1.29 is 9.53 Å². The number of aromatic amines is 1. The van der Waals surface area contributed by atoms with E-state index in [1.54, 1.807) is 17.4 Å². The number of nitrogens with one attached hydrogen (secondary N) is 1. The van der Waals surface area contributed by atoms with Gasteiger partial charge >= 0.3 is 0 Å². The molecule has 0 spiro atoms. The molecule has 1 N–H and O–H groups in total. The number of carbonyl (C=O) groups excluding carboxylic acids is 1. The molecule has 0 aliphatic heterocycles. The molecule has 0 fully saturated rings. The molecule has 4 rings (SSSR count). The molecule has 8 heteroatoms. The smallest absolute Gasteiger partial charge is 0.270 e. The second kappa shape index (κ2) is 7.00. The van der Waals surface area contributed by atoms with Crippen LogP contribution in [0.1, 0.15) is 39.2 Å². The molecule has 0 atom stereocenters. The fourth-order valence-corrected chi connectivity index (χ4v) is 5.89. The molecule has 1 aliphatic carbocycles. The predicted octanol–water partition coefficient (Wildman–Crippen LogP) is 4.77. The van der Waals surface area contributed by atoms with Gasteiger partial charge in [0.05, 0.1) is 18.1 Å². The predicted molar refractivity (Wildman–Crippen MR) is 113 cm³/mol. The number of fused-ring (bicyclic) bond motifs is 3. The van der Waals surface area contributed by atoms with Crippen LogP contribution >= 0.6 is 39.5 Å². The van der Waals surface area contributed by atoms with Crippen molar-refractivity contribution in [2.75, 3.05) is 7.11 Å². The second-order valence-corrected chi connectivity index (χ2v) is 9.00. The van der Waals surface area contributed by atoms with Crippen molar-refractivity contribution in [3.05, 3.63) is 53.3 Å². The monoisotopic (exact) mass is 464 g/mol. The van der Waals surface area contributed by atoms with Crippen molar-refractivity contribution >= 4 is 55.6 Å². The lowest BCUT2D eigenvalue weighted by Gasteiger charge is -2.13. The highest BCUT2D eigenvalue weighted by Gasteiger charge is 2.24. The Kier molecular flexibility index (Phi) is 4.82. The first kappa shape index (κ1) is 18.6. The largest absolute Gasteiger partial charge is 0.496 e. The summed E-state index contributed by atoms with van der Waals surface area (Å²) in [7, 11) is 1.51. The van der Waals surface area contributed by atoms with E-state index in [2.05, 4.69) is 20.9 Å². The highest BCUT2D eigenvalue weighted by atomic mass is 79.9. The molecule has 3 aromatic rings. The van der Waals surface area contributed by atoms with Crippen molar-refractivity contribution in [3.63, 3.8) is 0 Å². The van der Waals surface area contributed by atoms with E-state index in [0.29, 0.717) is 16.7 Å². The molecule has 5 nitrogen and oxygen atoms in total. The average molecular weight is 465 g/mol. The standard InChI is InChI=1S/C19H17BrN2O3S2/c1-9-7-10(20)8-12(15(9)25-2)17(23)22-18(24)14-11-5-3-4-6-13(11)27-16(14)21-19(22)26/h7-8H,3-6H2,1-2H3,(H,21,26). The number of hydrogen-bond acceptors (Lipinski definition) is 5. The number of H-pyrrole nitrogens is 1. The van der Waals surface area contributed by atoms with Crippen molar-refractivity contribution in [3.8, 4) is 5.75 Å². The fourth-order valence-electron chi connectivity index (χ4n) is 3.70. The normalized spacial score (nSPS) is 13.6. The summed E-state index contributed by atoms with van der Waals surface area (Å²) in [5.41, 5.74) is 1.82. The van der Waals surface area contributed by atoms with Gasteiger partial charge in [0, 0.05) is 9.35 Å². The lowest BCUT2D eigenvalue weighted by Crippen LogP contribution is -2.29. The molecular weight excluding hydrogens is 448 g/mol. The Morgan fingerprint density at radius 1 is 1.33 bits per heavy atom. The zero-order chi connectivity index (χ0) is 19.3. The molecule has 0 saturated carbocycles. The van der Waals surface area contributed by atoms with Crippen molar-refractivity contribution in [1.82, 2.24) is 9.55 Å². The zero-order valence-electron chi connectivity index (χ0n) is 14.8. The average Bonchev–Trinajstić information content (AvgIpc) is 2.99. The van der Waals surface area contributed by atoms with E-state index in [1.165, 1.54) is 12.0 Å². The van der Waals surface area contributed by atoms with Gasteiger partial charge < -0.3 is 9.72 Å².